The van der Waals surface area contributed by atoms with Gasteiger partial charge in [-0.2, -0.15) is 65.9 Å². The first kappa shape index (κ1) is 28.8. The Hall–Kier alpha value is -1.40. The summed E-state index contributed by atoms with van der Waals surface area (Å²) < 4.78 is 275. The largest absolute Gasteiger partial charge is 0.453 e. The van der Waals surface area contributed by atoms with Crippen molar-refractivity contribution in [2.75, 3.05) is 13.3 Å². The standard InChI is InChI=1S/C14H6F20/c15-2-5(17)4(1-6(18,19)14(32,33)34)8(22,9(5,23)7(20,21)3-16)11(26,27)13(30,31)12(28,29)10(4,24)25/h1-3H2/t4-,5-,8+,9+/m0/s1. The topological polar surface area (TPSA) is 0 Å². The molecule has 2 aliphatic rings. The summed E-state index contributed by atoms with van der Waals surface area (Å²) in [7, 11) is 0. The van der Waals surface area contributed by atoms with Crippen LogP contribution < -0.4 is 0 Å². The minimum absolute atomic E-state index is 4.05. The van der Waals surface area contributed by atoms with E-state index in [1.165, 1.54) is 0 Å². The lowest BCUT2D eigenvalue weighted by atomic mass is 9.32. The molecule has 0 saturated heterocycles. The van der Waals surface area contributed by atoms with Crippen molar-refractivity contribution in [3.05, 3.63) is 0 Å². The smallest absolute Gasteiger partial charge is 0.247 e. The van der Waals surface area contributed by atoms with Crippen molar-refractivity contribution in [2.24, 2.45) is 5.41 Å². The monoisotopic (exact) mass is 554 g/mol. The molecule has 0 amide bonds. The van der Waals surface area contributed by atoms with Gasteiger partial charge in [-0.15, -0.1) is 0 Å². The van der Waals surface area contributed by atoms with E-state index in [4.69, 9.17) is 0 Å². The summed E-state index contributed by atoms with van der Waals surface area (Å²) in [5.74, 6) is -46.7. The molecule has 0 aromatic rings. The minimum Gasteiger partial charge on any atom is -0.247 e. The highest BCUT2D eigenvalue weighted by Crippen LogP contribution is 2.88. The van der Waals surface area contributed by atoms with Crippen LogP contribution in [0.5, 0.6) is 0 Å². The van der Waals surface area contributed by atoms with Crippen LogP contribution in [0.3, 0.4) is 0 Å². The van der Waals surface area contributed by atoms with Crippen molar-refractivity contribution in [2.45, 2.75) is 65.1 Å². The predicted octanol–water partition coefficient (Wildman–Crippen LogP) is 6.83. The van der Waals surface area contributed by atoms with Crippen LogP contribution in [0, 0.1) is 5.41 Å². The Kier molecular flexibility index (Phi) is 5.49. The van der Waals surface area contributed by atoms with Crippen LogP contribution in [0.2, 0.25) is 0 Å². The van der Waals surface area contributed by atoms with Gasteiger partial charge in [0.05, 0.1) is 0 Å². The average Bonchev–Trinajstić information content (AvgIpc) is 2.67. The van der Waals surface area contributed by atoms with Gasteiger partial charge in [-0.1, -0.05) is 0 Å². The van der Waals surface area contributed by atoms with Gasteiger partial charge < -0.3 is 0 Å². The Balaban J connectivity index is 3.23. The summed E-state index contributed by atoms with van der Waals surface area (Å²) in [5.41, 5.74) is -29.6. The van der Waals surface area contributed by atoms with Crippen LogP contribution in [-0.2, 0) is 0 Å². The first-order valence-corrected chi connectivity index (χ1v) is 8.10. The van der Waals surface area contributed by atoms with Crippen molar-refractivity contribution in [3.63, 3.8) is 0 Å². The zero-order chi connectivity index (χ0) is 27.6. The molecule has 0 bridgehead atoms. The van der Waals surface area contributed by atoms with Crippen LogP contribution in [0.15, 0.2) is 0 Å². The van der Waals surface area contributed by atoms with Crippen molar-refractivity contribution < 1.29 is 87.8 Å². The van der Waals surface area contributed by atoms with Crippen LogP contribution in [-0.4, -0.2) is 72.1 Å². The summed E-state index contributed by atoms with van der Waals surface area (Å²) in [6, 6.07) is 0. The Labute approximate surface area is 173 Å². The molecule has 0 unspecified atom stereocenters. The van der Waals surface area contributed by atoms with Crippen molar-refractivity contribution >= 4 is 0 Å². The molecule has 0 aliphatic heterocycles. The maximum Gasteiger partial charge on any atom is 0.453 e. The van der Waals surface area contributed by atoms with Gasteiger partial charge in [0.25, 0.3) is 5.67 Å². The van der Waals surface area contributed by atoms with Crippen LogP contribution in [0.4, 0.5) is 87.8 Å². The molecule has 0 radical (unpaired) electrons. The Morgan fingerprint density at radius 2 is 0.912 bits per heavy atom. The second-order valence-corrected chi connectivity index (χ2v) is 7.67. The van der Waals surface area contributed by atoms with E-state index in [2.05, 4.69) is 0 Å². The van der Waals surface area contributed by atoms with Gasteiger partial charge in [-0.3, -0.25) is 0 Å². The van der Waals surface area contributed by atoms with E-state index in [1.807, 2.05) is 0 Å². The lowest BCUT2D eigenvalue weighted by Gasteiger charge is -2.76. The Morgan fingerprint density at radius 3 is 1.24 bits per heavy atom. The number of rotatable bonds is 5. The molecule has 0 aromatic heterocycles. The molecule has 2 rings (SSSR count). The zero-order valence-electron chi connectivity index (χ0n) is 15.2. The first-order valence-electron chi connectivity index (χ1n) is 8.10. The van der Waals surface area contributed by atoms with E-state index in [-0.39, 0.29) is 0 Å². The van der Waals surface area contributed by atoms with Crippen LogP contribution >= 0.6 is 0 Å². The lowest BCUT2D eigenvalue weighted by molar-refractivity contribution is -0.567. The fraction of sp³-hybridized carbons (Fsp3) is 1.00. The average molecular weight is 554 g/mol. The van der Waals surface area contributed by atoms with Gasteiger partial charge in [-0.25, -0.2) is 22.0 Å². The van der Waals surface area contributed by atoms with E-state index in [1.54, 1.807) is 0 Å². The number of hydrogen-bond donors (Lipinski definition) is 0. The van der Waals surface area contributed by atoms with Crippen molar-refractivity contribution in [1.29, 1.82) is 0 Å². The van der Waals surface area contributed by atoms with Gasteiger partial charge in [0.15, 0.2) is 12.3 Å². The second kappa shape index (κ2) is 6.47. The van der Waals surface area contributed by atoms with E-state index >= 15 is 8.78 Å². The number of halogens is 20. The molecule has 0 aromatic carbocycles. The predicted molar refractivity (Wildman–Crippen MR) is 66.3 cm³/mol. The summed E-state index contributed by atoms with van der Waals surface area (Å²) >= 11 is 0. The summed E-state index contributed by atoms with van der Waals surface area (Å²) in [6.45, 7) is -8.32. The maximum absolute atomic E-state index is 15.3. The SMILES string of the molecule is FCC(F)(F)[C@]1(F)[C@](F)(CF)[C@]2(CC(F)(F)C(F)(F)F)C(F)(F)C(F)(F)C(F)(F)C(F)(F)[C@]12F. The number of alkyl halides is 20. The van der Waals surface area contributed by atoms with Crippen molar-refractivity contribution in [3.8, 4) is 0 Å². The van der Waals surface area contributed by atoms with Gasteiger partial charge in [-0.05, 0) is 0 Å². The molecule has 0 spiro atoms. The van der Waals surface area contributed by atoms with Crippen LogP contribution in [0.25, 0.3) is 0 Å². The highest BCUT2D eigenvalue weighted by molar-refractivity contribution is 5.50. The Morgan fingerprint density at radius 1 is 0.529 bits per heavy atom. The zero-order valence-corrected chi connectivity index (χ0v) is 15.2. The molecule has 0 nitrogen and oxygen atoms in total. The van der Waals surface area contributed by atoms with E-state index in [0.717, 1.165) is 0 Å². The van der Waals surface area contributed by atoms with Crippen LogP contribution in [0.1, 0.15) is 6.42 Å². The maximum atomic E-state index is 15.3. The van der Waals surface area contributed by atoms with Gasteiger partial charge in [0, 0.05) is 6.42 Å². The molecule has 4 atom stereocenters. The van der Waals surface area contributed by atoms with Crippen molar-refractivity contribution in [1.82, 2.24) is 0 Å². The summed E-state index contributed by atoms with van der Waals surface area (Å²) in [4.78, 5) is 0. The molecule has 2 saturated carbocycles. The van der Waals surface area contributed by atoms with E-state index < -0.39 is 83.9 Å². The molecular formula is C14H6F20. The lowest BCUT2D eigenvalue weighted by Crippen LogP contribution is -3.04. The molecular weight excluding hydrogens is 548 g/mol. The molecule has 0 heterocycles. The fourth-order valence-corrected chi connectivity index (χ4v) is 4.55. The quantitative estimate of drug-likeness (QED) is 0.327. The molecule has 20 heteroatoms. The van der Waals surface area contributed by atoms with Gasteiger partial charge in [0.2, 0.25) is 5.67 Å². The van der Waals surface area contributed by atoms with Gasteiger partial charge in [0.1, 0.15) is 12.1 Å². The molecule has 34 heavy (non-hydrogen) atoms. The van der Waals surface area contributed by atoms with Gasteiger partial charge >= 0.3 is 41.7 Å². The third kappa shape index (κ3) is 2.23. The normalized spacial score (nSPS) is 40.9. The molecule has 202 valence electrons. The molecule has 0 N–H and O–H groups in total. The summed E-state index contributed by atoms with van der Waals surface area (Å²) in [6.07, 6.45) is -12.3. The molecule has 2 fully saturated rings. The van der Waals surface area contributed by atoms with E-state index in [9.17, 15) is 79.0 Å². The third-order valence-corrected chi connectivity index (χ3v) is 6.19. The summed E-state index contributed by atoms with van der Waals surface area (Å²) in [5, 5.41) is 0. The molecule has 2 aliphatic carbocycles. The third-order valence-electron chi connectivity index (χ3n) is 6.19. The Bertz CT molecular complexity index is 843. The fourth-order valence-electron chi connectivity index (χ4n) is 4.55. The second-order valence-electron chi connectivity index (χ2n) is 7.67. The first-order chi connectivity index (χ1) is 14.6. The number of hydrogen-bond acceptors (Lipinski definition) is 0. The number of fused-ring (bicyclic) bond motifs is 1. The highest BCUT2D eigenvalue weighted by atomic mass is 19.4. The minimum atomic E-state index is -8.19. The highest BCUT2D eigenvalue weighted by Gasteiger charge is 3.16. The van der Waals surface area contributed by atoms with E-state index in [0.29, 0.717) is 0 Å².